The Morgan fingerprint density at radius 3 is 2.10 bits per heavy atom. The van der Waals surface area contributed by atoms with E-state index in [1.165, 1.54) is 12.8 Å². The molecule has 5 nitrogen and oxygen atoms in total. The van der Waals surface area contributed by atoms with Crippen LogP contribution in [-0.2, 0) is 9.53 Å². The topological polar surface area (TPSA) is 49.9 Å². The lowest BCUT2D eigenvalue weighted by Crippen LogP contribution is -2.52. The van der Waals surface area contributed by atoms with Crippen molar-refractivity contribution < 1.29 is 14.3 Å². The van der Waals surface area contributed by atoms with Gasteiger partial charge in [0.25, 0.3) is 0 Å². The van der Waals surface area contributed by atoms with Crippen LogP contribution >= 0.6 is 0 Å². The third-order valence-electron chi connectivity index (χ3n) is 4.48. The monoisotopic (exact) mass is 282 g/mol. The lowest BCUT2D eigenvalue weighted by molar-refractivity contribution is -0.138. The molecule has 0 radical (unpaired) electrons. The summed E-state index contributed by atoms with van der Waals surface area (Å²) in [5, 5.41) is 0. The van der Waals surface area contributed by atoms with Gasteiger partial charge in [-0.15, -0.1) is 0 Å². The maximum absolute atomic E-state index is 12.5. The number of nitrogens with zero attached hydrogens (tertiary/aromatic N) is 2. The first kappa shape index (κ1) is 15.1. The van der Waals surface area contributed by atoms with Crippen molar-refractivity contribution >= 4 is 12.0 Å². The van der Waals surface area contributed by atoms with Gasteiger partial charge in [-0.3, -0.25) is 4.79 Å². The highest BCUT2D eigenvalue weighted by molar-refractivity contribution is 5.79. The molecule has 0 spiro atoms. The molecule has 1 aliphatic heterocycles. The molecule has 2 rings (SSSR count). The standard InChI is InChI=1S/C15H26N2O3/c1-3-20-15(19)17-10-8-16(9-11-17)14(18)13-6-4-12(2)5-7-13/h12-13H,3-11H2,1-2H3. The third-order valence-corrected chi connectivity index (χ3v) is 4.48. The largest absolute Gasteiger partial charge is 0.450 e. The van der Waals surface area contributed by atoms with Crippen molar-refractivity contribution in [2.75, 3.05) is 32.8 Å². The van der Waals surface area contributed by atoms with Crippen molar-refractivity contribution in [1.82, 2.24) is 9.80 Å². The fourth-order valence-electron chi connectivity index (χ4n) is 3.09. The van der Waals surface area contributed by atoms with Gasteiger partial charge in [0.15, 0.2) is 0 Å². The van der Waals surface area contributed by atoms with Gasteiger partial charge in [0.2, 0.25) is 5.91 Å². The summed E-state index contributed by atoms with van der Waals surface area (Å²) in [6.07, 6.45) is 4.13. The van der Waals surface area contributed by atoms with Crippen LogP contribution in [0.1, 0.15) is 39.5 Å². The molecule has 0 aromatic rings. The molecule has 0 unspecified atom stereocenters. The van der Waals surface area contributed by atoms with Crippen molar-refractivity contribution in [2.24, 2.45) is 11.8 Å². The van der Waals surface area contributed by atoms with E-state index in [0.29, 0.717) is 38.7 Å². The number of carbonyl (C=O) groups is 2. The summed E-state index contributed by atoms with van der Waals surface area (Å²) in [7, 11) is 0. The molecule has 1 heterocycles. The minimum Gasteiger partial charge on any atom is -0.450 e. The Morgan fingerprint density at radius 2 is 1.55 bits per heavy atom. The Kier molecular flexibility index (Phi) is 5.26. The lowest BCUT2D eigenvalue weighted by Gasteiger charge is -2.37. The highest BCUT2D eigenvalue weighted by Crippen LogP contribution is 2.29. The number of ether oxygens (including phenoxy) is 1. The number of rotatable bonds is 2. The van der Waals surface area contributed by atoms with Gasteiger partial charge in [0.1, 0.15) is 0 Å². The summed E-state index contributed by atoms with van der Waals surface area (Å²) in [6, 6.07) is 0. The van der Waals surface area contributed by atoms with Gasteiger partial charge in [-0.25, -0.2) is 4.79 Å². The van der Waals surface area contributed by atoms with Gasteiger partial charge in [-0.2, -0.15) is 0 Å². The maximum Gasteiger partial charge on any atom is 0.409 e. The van der Waals surface area contributed by atoms with E-state index in [9.17, 15) is 9.59 Å². The zero-order valence-corrected chi connectivity index (χ0v) is 12.6. The van der Waals surface area contributed by atoms with Crippen LogP contribution in [0.5, 0.6) is 0 Å². The van der Waals surface area contributed by atoms with Crippen LogP contribution in [0.4, 0.5) is 4.79 Å². The molecule has 2 fully saturated rings. The number of hydrogen-bond donors (Lipinski definition) is 0. The first-order valence-electron chi connectivity index (χ1n) is 7.82. The average Bonchev–Trinajstić information content (AvgIpc) is 2.48. The normalized spacial score (nSPS) is 27.3. The molecule has 1 aliphatic carbocycles. The van der Waals surface area contributed by atoms with E-state index < -0.39 is 0 Å². The zero-order chi connectivity index (χ0) is 14.5. The molecule has 20 heavy (non-hydrogen) atoms. The molecule has 0 atom stereocenters. The summed E-state index contributed by atoms with van der Waals surface area (Å²) >= 11 is 0. The summed E-state index contributed by atoms with van der Waals surface area (Å²) in [4.78, 5) is 27.7. The first-order chi connectivity index (χ1) is 9.61. The number of hydrogen-bond acceptors (Lipinski definition) is 3. The van der Waals surface area contributed by atoms with E-state index in [1.54, 1.807) is 4.90 Å². The fourth-order valence-corrected chi connectivity index (χ4v) is 3.09. The smallest absolute Gasteiger partial charge is 0.409 e. The maximum atomic E-state index is 12.5. The van der Waals surface area contributed by atoms with Crippen LogP contribution in [0, 0.1) is 11.8 Å². The van der Waals surface area contributed by atoms with Gasteiger partial charge >= 0.3 is 6.09 Å². The highest BCUT2D eigenvalue weighted by atomic mass is 16.6. The molecule has 114 valence electrons. The van der Waals surface area contributed by atoms with Crippen LogP contribution in [0.15, 0.2) is 0 Å². The number of piperazine rings is 1. The van der Waals surface area contributed by atoms with Crippen LogP contribution in [0.2, 0.25) is 0 Å². The molecule has 1 saturated carbocycles. The van der Waals surface area contributed by atoms with Crippen molar-refractivity contribution in [2.45, 2.75) is 39.5 Å². The minimum absolute atomic E-state index is 0.209. The molecule has 1 saturated heterocycles. The number of carbonyl (C=O) groups excluding carboxylic acids is 2. The predicted octanol–water partition coefficient (Wildman–Crippen LogP) is 2.11. The van der Waals surface area contributed by atoms with Crippen LogP contribution in [0.3, 0.4) is 0 Å². The van der Waals surface area contributed by atoms with Gasteiger partial charge in [0, 0.05) is 32.1 Å². The Morgan fingerprint density at radius 1 is 1.00 bits per heavy atom. The summed E-state index contributed by atoms with van der Waals surface area (Å²) < 4.78 is 4.99. The predicted molar refractivity (Wildman–Crippen MR) is 76.3 cm³/mol. The van der Waals surface area contributed by atoms with Gasteiger partial charge in [-0.05, 0) is 38.5 Å². The Hall–Kier alpha value is -1.26. The first-order valence-corrected chi connectivity index (χ1v) is 7.82. The molecule has 2 amide bonds. The second-order valence-corrected chi connectivity index (χ2v) is 5.97. The van der Waals surface area contributed by atoms with E-state index in [1.807, 2.05) is 11.8 Å². The van der Waals surface area contributed by atoms with E-state index >= 15 is 0 Å². The molecule has 0 aromatic carbocycles. The van der Waals surface area contributed by atoms with E-state index in [0.717, 1.165) is 18.8 Å². The zero-order valence-electron chi connectivity index (χ0n) is 12.6. The Labute approximate surface area is 121 Å². The molecule has 0 aromatic heterocycles. The summed E-state index contributed by atoms with van der Waals surface area (Å²) in [5.74, 6) is 1.26. The van der Waals surface area contributed by atoms with Gasteiger partial charge in [0.05, 0.1) is 6.61 Å². The van der Waals surface area contributed by atoms with Crippen molar-refractivity contribution in [3.05, 3.63) is 0 Å². The lowest BCUT2D eigenvalue weighted by atomic mass is 9.82. The van der Waals surface area contributed by atoms with Gasteiger partial charge in [-0.1, -0.05) is 6.92 Å². The molecular weight excluding hydrogens is 256 g/mol. The Bertz CT molecular complexity index is 343. The van der Waals surface area contributed by atoms with Crippen molar-refractivity contribution in [3.63, 3.8) is 0 Å². The third kappa shape index (κ3) is 3.64. The highest BCUT2D eigenvalue weighted by Gasteiger charge is 2.31. The second kappa shape index (κ2) is 6.95. The average molecular weight is 282 g/mol. The quantitative estimate of drug-likeness (QED) is 0.779. The molecule has 5 heteroatoms. The minimum atomic E-state index is -0.258. The summed E-state index contributed by atoms with van der Waals surface area (Å²) in [6.45, 7) is 6.94. The van der Waals surface area contributed by atoms with Crippen LogP contribution < -0.4 is 0 Å². The Balaban J connectivity index is 1.78. The van der Waals surface area contributed by atoms with Crippen molar-refractivity contribution in [3.8, 4) is 0 Å². The van der Waals surface area contributed by atoms with Crippen LogP contribution in [-0.4, -0.2) is 54.6 Å². The van der Waals surface area contributed by atoms with E-state index in [4.69, 9.17) is 4.74 Å². The fraction of sp³-hybridized carbons (Fsp3) is 0.867. The summed E-state index contributed by atoms with van der Waals surface area (Å²) in [5.41, 5.74) is 0. The van der Waals surface area contributed by atoms with Gasteiger partial charge < -0.3 is 14.5 Å². The molecular formula is C15H26N2O3. The van der Waals surface area contributed by atoms with Crippen LogP contribution in [0.25, 0.3) is 0 Å². The second-order valence-electron chi connectivity index (χ2n) is 5.97. The molecule has 2 aliphatic rings. The SMILES string of the molecule is CCOC(=O)N1CCN(C(=O)C2CCC(C)CC2)CC1. The molecule has 0 N–H and O–H groups in total. The van der Waals surface area contributed by atoms with E-state index in [2.05, 4.69) is 6.92 Å². The van der Waals surface area contributed by atoms with E-state index in [-0.39, 0.29) is 12.0 Å². The number of amides is 2. The molecule has 0 bridgehead atoms. The van der Waals surface area contributed by atoms with Crippen molar-refractivity contribution in [1.29, 1.82) is 0 Å².